The van der Waals surface area contributed by atoms with Crippen LogP contribution in [0.1, 0.15) is 11.7 Å². The van der Waals surface area contributed by atoms with E-state index in [1.165, 1.54) is 30.3 Å². The molecule has 0 radical (unpaired) electrons. The Morgan fingerprint density at radius 2 is 1.06 bits per heavy atom. The van der Waals surface area contributed by atoms with Gasteiger partial charge in [0.25, 0.3) is 0 Å². The highest BCUT2D eigenvalue weighted by Crippen LogP contribution is 2.54. The lowest BCUT2D eigenvalue weighted by Gasteiger charge is -2.32. The Kier molecular flexibility index (Phi) is 5.09. The average Bonchev–Trinajstić information content (AvgIpc) is 3.16. The number of benzene rings is 1. The van der Waals surface area contributed by atoms with E-state index >= 15 is 0 Å². The molecule has 0 amide bonds. The number of hydrogen-bond acceptors (Lipinski definition) is 4. The Hall–Kier alpha value is -3.00. The first-order valence-electron chi connectivity index (χ1n) is 8.97. The number of alkyl halides is 6. The lowest BCUT2D eigenvalue weighted by molar-refractivity contribution is -0.0441. The van der Waals surface area contributed by atoms with Crippen LogP contribution in [0.4, 0.5) is 37.7 Å². The van der Waals surface area contributed by atoms with Crippen LogP contribution in [0.15, 0.2) is 66.7 Å². The first-order valence-corrected chi connectivity index (χ1v) is 11.9. The standard InChI is InChI=1S/C19H12F6N2O4S2/c20-18(21,22)32(28,29)26-15-8-4-5-9-16(15)27(33(30,31)19(23,24)25)17(26)14-11-10-12-6-2-1-3-7-13(12)14/h1-11,17H. The van der Waals surface area contributed by atoms with E-state index in [9.17, 15) is 43.2 Å². The van der Waals surface area contributed by atoms with Crippen molar-refractivity contribution in [3.8, 4) is 11.1 Å². The molecule has 2 aliphatic carbocycles. The van der Waals surface area contributed by atoms with Crippen molar-refractivity contribution in [1.29, 1.82) is 0 Å². The van der Waals surface area contributed by atoms with Crippen LogP contribution in [0.2, 0.25) is 0 Å². The van der Waals surface area contributed by atoms with Crippen LogP contribution >= 0.6 is 0 Å². The van der Waals surface area contributed by atoms with Crippen molar-refractivity contribution < 1.29 is 43.2 Å². The van der Waals surface area contributed by atoms with E-state index in [4.69, 9.17) is 0 Å². The van der Waals surface area contributed by atoms with Crippen molar-refractivity contribution in [2.45, 2.75) is 17.2 Å². The first kappa shape index (κ1) is 23.2. The third-order valence-corrected chi connectivity index (χ3v) is 8.01. The Morgan fingerprint density at radius 3 is 1.55 bits per heavy atom. The SMILES string of the molecule is O=S(=O)(N1c2ccccc2N(S(=O)(=O)C(F)(F)F)C1c1ccc2cccccc1-2)C(F)(F)F. The number of sulfonamides is 2. The predicted octanol–water partition coefficient (Wildman–Crippen LogP) is 4.82. The summed E-state index contributed by atoms with van der Waals surface area (Å²) in [6.07, 6.45) is -2.51. The van der Waals surface area contributed by atoms with E-state index in [0.29, 0.717) is 5.56 Å². The van der Waals surface area contributed by atoms with E-state index in [2.05, 4.69) is 0 Å². The molecule has 4 rings (SSSR count). The van der Waals surface area contributed by atoms with E-state index in [1.807, 2.05) is 0 Å². The minimum absolute atomic E-state index is 0.0718. The lowest BCUT2D eigenvalue weighted by Crippen LogP contribution is -2.49. The zero-order valence-electron chi connectivity index (χ0n) is 16.0. The Balaban J connectivity index is 2.11. The Labute approximate surface area is 184 Å². The highest BCUT2D eigenvalue weighted by Gasteiger charge is 2.62. The molecular weight excluding hydrogens is 498 g/mol. The van der Waals surface area contributed by atoms with Crippen LogP contribution in [0.3, 0.4) is 0 Å². The summed E-state index contributed by atoms with van der Waals surface area (Å²) in [4.78, 5) is 0. The number of para-hydroxylation sites is 2. The summed E-state index contributed by atoms with van der Waals surface area (Å²) >= 11 is 0. The van der Waals surface area contributed by atoms with Crippen molar-refractivity contribution in [2.75, 3.05) is 8.61 Å². The van der Waals surface area contributed by atoms with Gasteiger partial charge in [-0.25, -0.2) is 8.61 Å². The van der Waals surface area contributed by atoms with Gasteiger partial charge in [-0.05, 0) is 23.3 Å². The van der Waals surface area contributed by atoms with Crippen LogP contribution in [0, 0.1) is 0 Å². The van der Waals surface area contributed by atoms with Crippen molar-refractivity contribution in [3.05, 3.63) is 72.3 Å². The number of fused-ring (bicyclic) bond motifs is 2. The summed E-state index contributed by atoms with van der Waals surface area (Å²) < 4.78 is 131. The van der Waals surface area contributed by atoms with Gasteiger partial charge in [0.1, 0.15) is 0 Å². The molecule has 0 unspecified atom stereocenters. The van der Waals surface area contributed by atoms with Crippen LogP contribution in [-0.2, 0) is 20.0 Å². The van der Waals surface area contributed by atoms with Gasteiger partial charge in [0.2, 0.25) is 0 Å². The molecule has 0 spiro atoms. The first-order chi connectivity index (χ1) is 15.2. The molecule has 0 bridgehead atoms. The zero-order chi connectivity index (χ0) is 24.4. The summed E-state index contributed by atoms with van der Waals surface area (Å²) in [7, 11) is -12.7. The maximum absolute atomic E-state index is 13.6. The molecule has 176 valence electrons. The Bertz CT molecular complexity index is 1330. The molecular formula is C19H12F6N2O4S2. The normalized spacial score (nSPS) is 15.8. The fraction of sp³-hybridized carbons (Fsp3) is 0.158. The van der Waals surface area contributed by atoms with Gasteiger partial charge in [-0.3, -0.25) is 0 Å². The van der Waals surface area contributed by atoms with E-state index in [-0.39, 0.29) is 19.7 Å². The topological polar surface area (TPSA) is 74.8 Å². The molecule has 0 N–H and O–H groups in total. The van der Waals surface area contributed by atoms with Gasteiger partial charge >= 0.3 is 31.1 Å². The molecule has 1 heterocycles. The van der Waals surface area contributed by atoms with Gasteiger partial charge in [-0.2, -0.15) is 43.2 Å². The van der Waals surface area contributed by atoms with E-state index in [1.54, 1.807) is 6.07 Å². The molecule has 0 saturated carbocycles. The molecule has 3 aliphatic rings. The van der Waals surface area contributed by atoms with Gasteiger partial charge in [-0.15, -0.1) is 0 Å². The highest BCUT2D eigenvalue weighted by atomic mass is 32.2. The molecule has 14 heteroatoms. The summed E-state index contributed by atoms with van der Waals surface area (Å²) in [6.45, 7) is 0. The number of hydrogen-bond donors (Lipinski definition) is 0. The van der Waals surface area contributed by atoms with Gasteiger partial charge in [-0.1, -0.05) is 54.6 Å². The highest BCUT2D eigenvalue weighted by molar-refractivity contribution is 7.95. The van der Waals surface area contributed by atoms with Gasteiger partial charge < -0.3 is 0 Å². The molecule has 0 aromatic heterocycles. The van der Waals surface area contributed by atoms with E-state index < -0.39 is 48.6 Å². The monoisotopic (exact) mass is 510 g/mol. The quantitative estimate of drug-likeness (QED) is 0.474. The summed E-state index contributed by atoms with van der Waals surface area (Å²) in [5, 5.41) is 0. The Morgan fingerprint density at radius 1 is 0.606 bits per heavy atom. The molecule has 1 aromatic carbocycles. The molecule has 0 fully saturated rings. The van der Waals surface area contributed by atoms with Crippen LogP contribution in [0.25, 0.3) is 11.1 Å². The maximum Gasteiger partial charge on any atom is 0.516 e. The minimum Gasteiger partial charge on any atom is -0.233 e. The van der Waals surface area contributed by atoms with Gasteiger partial charge in [0, 0.05) is 5.56 Å². The zero-order valence-corrected chi connectivity index (χ0v) is 17.7. The van der Waals surface area contributed by atoms with Crippen LogP contribution < -0.4 is 8.61 Å². The largest absolute Gasteiger partial charge is 0.516 e. The second-order valence-electron chi connectivity index (χ2n) is 6.92. The van der Waals surface area contributed by atoms with Crippen molar-refractivity contribution >= 4 is 31.4 Å². The molecule has 33 heavy (non-hydrogen) atoms. The number of rotatable bonds is 3. The van der Waals surface area contributed by atoms with E-state index in [0.717, 1.165) is 30.3 Å². The fourth-order valence-electron chi connectivity index (χ4n) is 3.66. The average molecular weight is 510 g/mol. The predicted molar refractivity (Wildman–Crippen MR) is 107 cm³/mol. The molecule has 6 nitrogen and oxygen atoms in total. The molecule has 0 saturated heterocycles. The van der Waals surface area contributed by atoms with Gasteiger partial charge in [0.05, 0.1) is 11.4 Å². The van der Waals surface area contributed by atoms with Gasteiger partial charge in [0.15, 0.2) is 6.17 Å². The second kappa shape index (κ2) is 7.25. The summed E-state index contributed by atoms with van der Waals surface area (Å²) in [6, 6.07) is 13.6. The third kappa shape index (κ3) is 3.39. The van der Waals surface area contributed by atoms with Crippen LogP contribution in [0.5, 0.6) is 0 Å². The maximum atomic E-state index is 13.6. The smallest absolute Gasteiger partial charge is 0.233 e. The number of nitrogens with zero attached hydrogens (tertiary/aromatic N) is 2. The second-order valence-corrected chi connectivity index (χ2v) is 10.5. The fourth-order valence-corrected chi connectivity index (χ4v) is 5.93. The molecule has 1 aromatic rings. The molecule has 1 aliphatic heterocycles. The van der Waals surface area contributed by atoms with Crippen LogP contribution in [-0.4, -0.2) is 27.9 Å². The van der Waals surface area contributed by atoms with Crippen molar-refractivity contribution in [1.82, 2.24) is 0 Å². The third-order valence-electron chi connectivity index (χ3n) is 5.01. The van der Waals surface area contributed by atoms with Crippen molar-refractivity contribution in [2.24, 2.45) is 0 Å². The lowest BCUT2D eigenvalue weighted by atomic mass is 10.1. The summed E-state index contributed by atoms with van der Waals surface area (Å²) in [5.41, 5.74) is -13.5. The number of anilines is 2. The minimum atomic E-state index is -6.33. The van der Waals surface area contributed by atoms with Crippen molar-refractivity contribution in [3.63, 3.8) is 0 Å². The number of halogens is 6. The summed E-state index contributed by atoms with van der Waals surface area (Å²) in [5.74, 6) is 0. The molecule has 0 atom stereocenters.